The van der Waals surface area contributed by atoms with Crippen molar-refractivity contribution in [2.75, 3.05) is 34.7 Å². The number of hydrazone groups is 2. The molecule has 0 saturated heterocycles. The van der Waals surface area contributed by atoms with Crippen molar-refractivity contribution in [2.45, 2.75) is 23.6 Å². The van der Waals surface area contributed by atoms with Crippen LogP contribution in [0.3, 0.4) is 0 Å². The summed E-state index contributed by atoms with van der Waals surface area (Å²) in [7, 11) is -20.6. The molecule has 0 spiro atoms. The van der Waals surface area contributed by atoms with Crippen molar-refractivity contribution in [1.29, 1.82) is 0 Å². The summed E-state index contributed by atoms with van der Waals surface area (Å²) in [5.41, 5.74) is 1.83. The molecule has 0 radical (unpaired) electrons. The lowest BCUT2D eigenvalue weighted by molar-refractivity contribution is 0.101. The van der Waals surface area contributed by atoms with Gasteiger partial charge < -0.3 is 20.1 Å². The van der Waals surface area contributed by atoms with Gasteiger partial charge in [-0.15, -0.1) is 0 Å². The van der Waals surface area contributed by atoms with Crippen LogP contribution in [0.2, 0.25) is 0 Å². The van der Waals surface area contributed by atoms with E-state index in [1.807, 2.05) is 0 Å². The molecule has 28 heteroatoms. The first-order valence-corrected chi connectivity index (χ1v) is 28.3. The number of rotatable bonds is 17. The summed E-state index contributed by atoms with van der Waals surface area (Å²) in [4.78, 5) is 51.2. The second-order valence-electron chi connectivity index (χ2n) is 16.5. The van der Waals surface area contributed by atoms with E-state index >= 15 is 0 Å². The molecule has 78 heavy (non-hydrogen) atoms. The predicted molar refractivity (Wildman–Crippen MR) is 285 cm³/mol. The van der Waals surface area contributed by atoms with Crippen LogP contribution in [0.4, 0.5) is 22.7 Å². The van der Waals surface area contributed by atoms with Crippen molar-refractivity contribution in [3.8, 4) is 22.6 Å². The number of allylic oxidation sites excluding steroid dienone is 2. The third-order valence-electron chi connectivity index (χ3n) is 11.4. The first-order valence-electron chi connectivity index (χ1n) is 22.5. The van der Waals surface area contributed by atoms with Crippen LogP contribution >= 0.6 is 0 Å². The molecule has 8 N–H and O–H groups in total. The SMILES string of the molecule is CCOc1cc(-c2ccc(N/N=C3/C(=O)c4c(cc(S(=O)(=O)O)cc4NC(=O)c4ccccc4)C=C3S(=O)(=O)O)c(OCC)c2)ccc1N/N=C1/C(=O)c2c(cc(S(=O)(=O)O)cc2NC(=O)c2ccccc2)C=C1S(=O)(=O)O. The minimum absolute atomic E-state index is 0.0401. The number of ketones is 2. The molecule has 0 fully saturated rings. The Labute approximate surface area is 444 Å². The highest BCUT2D eigenvalue weighted by molar-refractivity contribution is 7.91. The van der Waals surface area contributed by atoms with Gasteiger partial charge in [-0.3, -0.25) is 48.2 Å². The Hall–Kier alpha value is -8.74. The fourth-order valence-electron chi connectivity index (χ4n) is 7.93. The zero-order valence-corrected chi connectivity index (χ0v) is 43.4. The summed E-state index contributed by atoms with van der Waals surface area (Å²) in [5, 5.41) is 12.9. The van der Waals surface area contributed by atoms with E-state index in [2.05, 4.69) is 31.7 Å². The summed E-state index contributed by atoms with van der Waals surface area (Å²) < 4.78 is 152. The van der Waals surface area contributed by atoms with E-state index in [4.69, 9.17) is 9.47 Å². The molecule has 402 valence electrons. The van der Waals surface area contributed by atoms with E-state index in [9.17, 15) is 71.1 Å². The summed E-state index contributed by atoms with van der Waals surface area (Å²) in [6.45, 7) is 3.38. The smallest absolute Gasteiger partial charge is 0.296 e. The minimum Gasteiger partial charge on any atom is -0.492 e. The topological polar surface area (TPSA) is 377 Å². The molecule has 8 rings (SSSR count). The fourth-order valence-corrected chi connectivity index (χ4v) is 10.3. The third kappa shape index (κ3) is 11.9. The highest BCUT2D eigenvalue weighted by atomic mass is 32.2. The number of nitrogens with one attached hydrogen (secondary N) is 4. The number of benzene rings is 6. The van der Waals surface area contributed by atoms with Crippen LogP contribution in [-0.4, -0.2) is 99.9 Å². The Kier molecular flexibility index (Phi) is 15.4. The maximum absolute atomic E-state index is 14.2. The molecule has 6 aromatic rings. The lowest BCUT2D eigenvalue weighted by atomic mass is 9.92. The Morgan fingerprint density at radius 1 is 0.474 bits per heavy atom. The number of hydrogen-bond acceptors (Lipinski definition) is 18. The van der Waals surface area contributed by atoms with Crippen molar-refractivity contribution >= 4 is 110 Å². The molecule has 6 aromatic carbocycles. The number of carbonyl (C=O) groups is 4. The fraction of sp³-hybridized carbons (Fsp3) is 0.0800. The zero-order valence-electron chi connectivity index (χ0n) is 40.1. The van der Waals surface area contributed by atoms with Gasteiger partial charge in [0.05, 0.1) is 56.9 Å². The number of nitrogens with zero attached hydrogens (tertiary/aromatic N) is 2. The van der Waals surface area contributed by atoms with Crippen molar-refractivity contribution in [2.24, 2.45) is 10.2 Å². The first-order chi connectivity index (χ1) is 36.8. The summed E-state index contributed by atoms with van der Waals surface area (Å²) in [6, 6.07) is 27.1. The van der Waals surface area contributed by atoms with Crippen molar-refractivity contribution in [3.63, 3.8) is 0 Å². The van der Waals surface area contributed by atoms with Gasteiger partial charge in [0, 0.05) is 11.1 Å². The van der Waals surface area contributed by atoms with Gasteiger partial charge in [0.1, 0.15) is 21.3 Å². The molecule has 2 aliphatic carbocycles. The van der Waals surface area contributed by atoms with Crippen LogP contribution in [0, 0.1) is 0 Å². The van der Waals surface area contributed by atoms with Crippen molar-refractivity contribution in [3.05, 3.63) is 165 Å². The third-order valence-corrected chi connectivity index (χ3v) is 14.8. The number of Topliss-reactive ketones (excluding diaryl/α,β-unsaturated/α-hetero) is 2. The molecule has 0 aromatic heterocycles. The normalized spacial score (nSPS) is 14.6. The van der Waals surface area contributed by atoms with E-state index in [-0.39, 0.29) is 47.2 Å². The van der Waals surface area contributed by atoms with Crippen LogP contribution in [0.15, 0.2) is 151 Å². The van der Waals surface area contributed by atoms with E-state index in [0.717, 1.165) is 36.4 Å². The molecule has 0 unspecified atom stereocenters. The van der Waals surface area contributed by atoms with Gasteiger partial charge in [-0.25, -0.2) is 0 Å². The standard InChI is InChI=1S/C50H40N6O18S4/c1-3-73-39-21-29(15-17-35(39)53-55-45-41(77(67,68)69)23-31-19-33(75(61,62)63)25-37(43(31)47(45)57)51-49(59)27-11-7-5-8-12-27)30-16-18-36(40(22-30)74-4-2)54-56-46-42(78(70,71)72)24-32-20-34(76(64,65)66)26-38(44(32)48(46)58)52-50(60)28-13-9-6-10-14-28/h5-26,53-54H,3-4H2,1-2H3,(H,51,59)(H,52,60)(H,61,62,63)(H,64,65,66)(H,67,68,69)(H,70,71,72)/b55-45+,56-46+. The molecule has 0 heterocycles. The molecule has 2 amide bonds. The number of hydrogen-bond donors (Lipinski definition) is 8. The molecular formula is C50H40N6O18S4. The van der Waals surface area contributed by atoms with Gasteiger partial charge in [0.15, 0.2) is 11.4 Å². The number of anilines is 4. The number of ether oxygens (including phenoxy) is 2. The summed E-state index contributed by atoms with van der Waals surface area (Å²) >= 11 is 0. The Morgan fingerprint density at radius 2 is 0.833 bits per heavy atom. The average molecular weight is 1140 g/mol. The van der Waals surface area contributed by atoms with E-state index in [1.54, 1.807) is 26.0 Å². The van der Waals surface area contributed by atoms with Crippen molar-refractivity contribution in [1.82, 2.24) is 0 Å². The van der Waals surface area contributed by atoms with Crippen LogP contribution in [0.5, 0.6) is 11.5 Å². The maximum atomic E-state index is 14.2. The first kappa shape index (κ1) is 55.5. The summed E-state index contributed by atoms with van der Waals surface area (Å²) in [6.07, 6.45) is 1.47. The predicted octanol–water partition coefficient (Wildman–Crippen LogP) is 6.94. The molecular weight excluding hydrogens is 1100 g/mol. The number of fused-ring (bicyclic) bond motifs is 2. The summed E-state index contributed by atoms with van der Waals surface area (Å²) in [5.74, 6) is -3.89. The van der Waals surface area contributed by atoms with Gasteiger partial charge in [0.2, 0.25) is 11.6 Å². The Balaban J connectivity index is 1.12. The highest BCUT2D eigenvalue weighted by Gasteiger charge is 2.38. The monoisotopic (exact) mass is 1140 g/mol. The maximum Gasteiger partial charge on any atom is 0.296 e. The number of carbonyl (C=O) groups excluding carboxylic acids is 4. The second kappa shape index (κ2) is 21.7. The minimum atomic E-state index is -5.30. The van der Waals surface area contributed by atoms with Gasteiger partial charge in [0.25, 0.3) is 52.3 Å². The molecule has 24 nitrogen and oxygen atoms in total. The van der Waals surface area contributed by atoms with Crippen LogP contribution in [0.25, 0.3) is 23.3 Å². The molecule has 0 bridgehead atoms. The van der Waals surface area contributed by atoms with E-state index in [0.29, 0.717) is 11.1 Å². The number of amides is 2. The molecule has 0 saturated carbocycles. The second-order valence-corrected chi connectivity index (χ2v) is 22.1. The van der Waals surface area contributed by atoms with E-state index < -0.39 is 129 Å². The lowest BCUT2D eigenvalue weighted by Crippen LogP contribution is -2.29. The van der Waals surface area contributed by atoms with Crippen LogP contribution in [-0.2, 0) is 40.5 Å². The molecule has 2 aliphatic rings. The van der Waals surface area contributed by atoms with Gasteiger partial charge in [-0.1, -0.05) is 48.5 Å². The molecule has 0 aliphatic heterocycles. The van der Waals surface area contributed by atoms with Gasteiger partial charge in [-0.2, -0.15) is 43.9 Å². The average Bonchev–Trinajstić information content (AvgIpc) is 3.55. The van der Waals surface area contributed by atoms with Gasteiger partial charge in [-0.05, 0) is 121 Å². The van der Waals surface area contributed by atoms with Crippen LogP contribution < -0.4 is 31.0 Å². The van der Waals surface area contributed by atoms with Crippen LogP contribution in [0.1, 0.15) is 66.4 Å². The van der Waals surface area contributed by atoms with Gasteiger partial charge >= 0.3 is 0 Å². The zero-order chi connectivity index (χ0) is 56.5. The van der Waals surface area contributed by atoms with Crippen molar-refractivity contribution < 1.29 is 80.5 Å². The Bertz CT molecular complexity index is 3860. The highest BCUT2D eigenvalue weighted by Crippen LogP contribution is 2.39. The Morgan fingerprint density at radius 3 is 1.15 bits per heavy atom. The molecule has 0 atom stereocenters. The van der Waals surface area contributed by atoms with E-state index in [1.165, 1.54) is 84.9 Å². The lowest BCUT2D eigenvalue weighted by Gasteiger charge is -2.21. The largest absolute Gasteiger partial charge is 0.492 e. The quantitative estimate of drug-likeness (QED) is 0.0339.